The first-order valence-corrected chi connectivity index (χ1v) is 11.4. The van der Waals surface area contributed by atoms with E-state index in [1.54, 1.807) is 12.1 Å². The Morgan fingerprint density at radius 1 is 1.28 bits per heavy atom. The number of hydrogen-bond donors (Lipinski definition) is 1. The second kappa shape index (κ2) is 11.9. The minimum Gasteiger partial charge on any atom is -0.381 e. The Kier molecular flexibility index (Phi) is 10.3. The number of hydrogen-bond acceptors (Lipinski definition) is 4. The lowest BCUT2D eigenvalue weighted by molar-refractivity contribution is 0.0779. The predicted octanol–water partition coefficient (Wildman–Crippen LogP) is 3.70. The minimum absolute atomic E-state index is 0. The van der Waals surface area contributed by atoms with Crippen LogP contribution >= 0.6 is 47.3 Å². The molecule has 0 radical (unpaired) electrons. The van der Waals surface area contributed by atoms with Crippen LogP contribution in [0.5, 0.6) is 0 Å². The summed E-state index contributed by atoms with van der Waals surface area (Å²) >= 11 is 8.10. The summed E-state index contributed by atoms with van der Waals surface area (Å²) < 4.78 is 19.8. The summed E-state index contributed by atoms with van der Waals surface area (Å²) in [5.74, 6) is 0.717. The number of nitrogens with zero attached hydrogens (tertiary/aromatic N) is 3. The average Bonchev–Trinajstić information content (AvgIpc) is 2.73. The number of aliphatic imine (C=N–C) groups is 1. The second-order valence-electron chi connectivity index (χ2n) is 7.36. The fourth-order valence-electron chi connectivity index (χ4n) is 3.79. The molecule has 0 saturated carbocycles. The molecule has 0 unspecified atom stereocenters. The van der Waals surface area contributed by atoms with Crippen molar-refractivity contribution in [3.63, 3.8) is 0 Å². The van der Waals surface area contributed by atoms with Gasteiger partial charge in [0.25, 0.3) is 0 Å². The third kappa shape index (κ3) is 6.59. The number of benzene rings is 1. The van der Waals surface area contributed by atoms with Crippen LogP contribution in [0.1, 0.15) is 18.4 Å². The summed E-state index contributed by atoms with van der Waals surface area (Å²) in [4.78, 5) is 9.02. The van der Waals surface area contributed by atoms with Gasteiger partial charge in [-0.05, 0) is 31.2 Å². The molecular weight excluding hydrogens is 526 g/mol. The molecule has 1 N–H and O–H groups in total. The standard InChI is InChI=1S/C20H30ClFN4OS.HI/c1-23-19(24-15-20(28-2)6-12-27-13-7-20)26-10-8-25(9-11-26)14-16-17(21)4-3-5-18(16)22;/h3-5H,6-15H2,1-2H3,(H,23,24);1H. The molecule has 0 spiro atoms. The molecule has 3 rings (SSSR count). The van der Waals surface area contributed by atoms with Crippen molar-refractivity contribution in [2.45, 2.75) is 24.1 Å². The molecule has 29 heavy (non-hydrogen) atoms. The molecule has 0 bridgehead atoms. The Bertz CT molecular complexity index is 662. The molecule has 164 valence electrons. The molecule has 5 nitrogen and oxygen atoms in total. The summed E-state index contributed by atoms with van der Waals surface area (Å²) in [7, 11) is 1.84. The highest BCUT2D eigenvalue weighted by Crippen LogP contribution is 2.33. The maximum absolute atomic E-state index is 14.1. The first-order chi connectivity index (χ1) is 13.6. The van der Waals surface area contributed by atoms with Gasteiger partial charge in [0, 0.05) is 74.9 Å². The summed E-state index contributed by atoms with van der Waals surface area (Å²) in [6.07, 6.45) is 4.31. The largest absolute Gasteiger partial charge is 0.381 e. The van der Waals surface area contributed by atoms with E-state index in [1.165, 1.54) is 6.07 Å². The molecule has 0 aromatic heterocycles. The normalized spacial score (nSPS) is 20.3. The van der Waals surface area contributed by atoms with Crippen molar-refractivity contribution < 1.29 is 9.13 Å². The van der Waals surface area contributed by atoms with Crippen LogP contribution in [-0.2, 0) is 11.3 Å². The van der Waals surface area contributed by atoms with Gasteiger partial charge in [-0.3, -0.25) is 9.89 Å². The lowest BCUT2D eigenvalue weighted by Crippen LogP contribution is -2.54. The van der Waals surface area contributed by atoms with Crippen LogP contribution in [0, 0.1) is 5.82 Å². The van der Waals surface area contributed by atoms with E-state index < -0.39 is 0 Å². The third-order valence-electron chi connectivity index (χ3n) is 5.73. The number of piperazine rings is 1. The van der Waals surface area contributed by atoms with E-state index >= 15 is 0 Å². The molecule has 2 fully saturated rings. The van der Waals surface area contributed by atoms with Gasteiger partial charge < -0.3 is 15.0 Å². The Balaban J connectivity index is 0.00000300. The number of nitrogens with one attached hydrogen (secondary N) is 1. The first kappa shape index (κ1) is 25.0. The van der Waals surface area contributed by atoms with Gasteiger partial charge in [0.15, 0.2) is 5.96 Å². The maximum atomic E-state index is 14.1. The van der Waals surface area contributed by atoms with Crippen LogP contribution in [0.2, 0.25) is 5.02 Å². The zero-order chi connectivity index (χ0) is 20.0. The second-order valence-corrected chi connectivity index (χ2v) is 9.05. The Labute approximate surface area is 199 Å². The fraction of sp³-hybridized carbons (Fsp3) is 0.650. The van der Waals surface area contributed by atoms with E-state index in [1.807, 2.05) is 18.8 Å². The molecule has 2 heterocycles. The molecule has 2 saturated heterocycles. The van der Waals surface area contributed by atoms with Crippen molar-refractivity contribution in [1.82, 2.24) is 15.1 Å². The lowest BCUT2D eigenvalue weighted by Gasteiger charge is -2.39. The van der Waals surface area contributed by atoms with Gasteiger partial charge in [-0.15, -0.1) is 24.0 Å². The molecule has 0 aliphatic carbocycles. The molecular formula is C20H31ClFIN4OS. The van der Waals surface area contributed by atoms with Gasteiger partial charge in [0.05, 0.1) is 0 Å². The molecule has 9 heteroatoms. The van der Waals surface area contributed by atoms with E-state index in [2.05, 4.69) is 26.4 Å². The van der Waals surface area contributed by atoms with Crippen molar-refractivity contribution in [2.24, 2.45) is 4.99 Å². The van der Waals surface area contributed by atoms with Gasteiger partial charge in [0.1, 0.15) is 5.82 Å². The molecule has 1 aromatic rings. The van der Waals surface area contributed by atoms with Crippen LogP contribution in [-0.4, -0.2) is 79.7 Å². The quantitative estimate of drug-likeness (QED) is 0.340. The molecule has 2 aliphatic heterocycles. The van der Waals surface area contributed by atoms with Crippen LogP contribution in [0.4, 0.5) is 4.39 Å². The number of thioether (sulfide) groups is 1. The smallest absolute Gasteiger partial charge is 0.193 e. The number of rotatable bonds is 5. The van der Waals surface area contributed by atoms with Crippen molar-refractivity contribution in [2.75, 3.05) is 59.2 Å². The van der Waals surface area contributed by atoms with Gasteiger partial charge in [0.2, 0.25) is 0 Å². The van der Waals surface area contributed by atoms with Crippen LogP contribution < -0.4 is 5.32 Å². The monoisotopic (exact) mass is 556 g/mol. The van der Waals surface area contributed by atoms with Gasteiger partial charge in [-0.25, -0.2) is 4.39 Å². The fourth-order valence-corrected chi connectivity index (χ4v) is 4.81. The zero-order valence-electron chi connectivity index (χ0n) is 17.1. The van der Waals surface area contributed by atoms with Crippen LogP contribution in [0.25, 0.3) is 0 Å². The van der Waals surface area contributed by atoms with Crippen molar-refractivity contribution in [1.29, 1.82) is 0 Å². The van der Waals surface area contributed by atoms with Gasteiger partial charge >= 0.3 is 0 Å². The highest BCUT2D eigenvalue weighted by atomic mass is 127. The van der Waals surface area contributed by atoms with E-state index in [0.717, 1.165) is 64.7 Å². The van der Waals surface area contributed by atoms with Gasteiger partial charge in [-0.2, -0.15) is 11.8 Å². The van der Waals surface area contributed by atoms with E-state index in [0.29, 0.717) is 17.1 Å². The van der Waals surface area contributed by atoms with E-state index in [4.69, 9.17) is 16.3 Å². The summed E-state index contributed by atoms with van der Waals surface area (Å²) in [5, 5.41) is 4.08. The SMILES string of the molecule is CN=C(NCC1(SC)CCOCC1)N1CCN(Cc2c(F)cccc2Cl)CC1.I. The van der Waals surface area contributed by atoms with Gasteiger partial charge in [-0.1, -0.05) is 17.7 Å². The first-order valence-electron chi connectivity index (χ1n) is 9.81. The van der Waals surface area contributed by atoms with Crippen molar-refractivity contribution in [3.8, 4) is 0 Å². The molecule has 1 aromatic carbocycles. The van der Waals surface area contributed by atoms with Crippen molar-refractivity contribution in [3.05, 3.63) is 34.6 Å². The lowest BCUT2D eigenvalue weighted by atomic mass is 9.99. The van der Waals surface area contributed by atoms with Crippen LogP contribution in [0.15, 0.2) is 23.2 Å². The summed E-state index contributed by atoms with van der Waals surface area (Å²) in [5.41, 5.74) is 0.585. The Hall–Kier alpha value is -0.290. The minimum atomic E-state index is -0.230. The zero-order valence-corrected chi connectivity index (χ0v) is 21.0. The maximum Gasteiger partial charge on any atom is 0.193 e. The van der Waals surface area contributed by atoms with Crippen LogP contribution in [0.3, 0.4) is 0 Å². The molecule has 0 amide bonds. The number of halogens is 3. The summed E-state index contributed by atoms with van der Waals surface area (Å²) in [6.45, 7) is 6.54. The predicted molar refractivity (Wildman–Crippen MR) is 131 cm³/mol. The Morgan fingerprint density at radius 3 is 2.55 bits per heavy atom. The average molecular weight is 557 g/mol. The highest BCUT2D eigenvalue weighted by Gasteiger charge is 2.32. The van der Waals surface area contributed by atoms with Crippen molar-refractivity contribution >= 4 is 53.3 Å². The molecule has 2 aliphatic rings. The number of guanidine groups is 1. The highest BCUT2D eigenvalue weighted by molar-refractivity contribution is 14.0. The third-order valence-corrected chi connectivity index (χ3v) is 7.51. The van der Waals surface area contributed by atoms with E-state index in [9.17, 15) is 4.39 Å². The topological polar surface area (TPSA) is 40.1 Å². The van der Waals surface area contributed by atoms with E-state index in [-0.39, 0.29) is 34.5 Å². The molecule has 0 atom stereocenters. The Morgan fingerprint density at radius 2 is 1.97 bits per heavy atom. The summed E-state index contributed by atoms with van der Waals surface area (Å²) in [6, 6.07) is 4.87. The number of ether oxygens (including phenoxy) is 1.